The first-order valence-corrected chi connectivity index (χ1v) is 8.80. The monoisotopic (exact) mass is 382 g/mol. The fourth-order valence-electron chi connectivity index (χ4n) is 2.45. The normalized spacial score (nSPS) is 11.9. The molecule has 2 amide bonds. The zero-order valence-corrected chi connectivity index (χ0v) is 14.7. The van der Waals surface area contributed by atoms with Crippen LogP contribution >= 0.6 is 11.3 Å². The van der Waals surface area contributed by atoms with Crippen molar-refractivity contribution in [1.29, 1.82) is 0 Å². The third-order valence-corrected chi connectivity index (χ3v) is 4.55. The molecule has 2 aromatic carbocycles. The van der Waals surface area contributed by atoms with Crippen molar-refractivity contribution in [3.05, 3.63) is 59.1 Å². The molecule has 0 radical (unpaired) electrons. The first kappa shape index (κ1) is 16.9. The highest BCUT2D eigenvalue weighted by Gasteiger charge is 2.15. The molecule has 9 heteroatoms. The van der Waals surface area contributed by atoms with Crippen molar-refractivity contribution in [1.82, 2.24) is 4.98 Å². The van der Waals surface area contributed by atoms with Gasteiger partial charge in [-0.2, -0.15) is 0 Å². The lowest BCUT2D eigenvalue weighted by atomic mass is 10.2. The molecule has 0 bridgehead atoms. The number of anilines is 3. The average molecular weight is 382 g/mol. The quantitative estimate of drug-likeness (QED) is 0.625. The minimum atomic E-state index is -0.522. The number of nitrogens with one attached hydrogen (secondary N) is 2. The Morgan fingerprint density at radius 1 is 1.04 bits per heavy atom. The van der Waals surface area contributed by atoms with Crippen molar-refractivity contribution in [3.8, 4) is 11.5 Å². The largest absolute Gasteiger partial charge is 0.454 e. The second kappa shape index (κ2) is 6.96. The van der Waals surface area contributed by atoms with Gasteiger partial charge < -0.3 is 25.8 Å². The van der Waals surface area contributed by atoms with E-state index in [0.29, 0.717) is 27.9 Å². The van der Waals surface area contributed by atoms with Crippen LogP contribution in [0, 0.1) is 0 Å². The molecule has 3 aromatic rings. The van der Waals surface area contributed by atoms with Crippen LogP contribution in [0.5, 0.6) is 11.5 Å². The minimum absolute atomic E-state index is 0.209. The number of rotatable bonds is 5. The maximum Gasteiger partial charge on any atom is 0.275 e. The molecule has 0 unspecified atom stereocenters. The summed E-state index contributed by atoms with van der Waals surface area (Å²) in [6, 6.07) is 11.8. The predicted octanol–water partition coefficient (Wildman–Crippen LogP) is 2.97. The Labute approximate surface area is 157 Å². The van der Waals surface area contributed by atoms with Crippen LogP contribution in [0.4, 0.5) is 16.5 Å². The fraction of sp³-hybridized carbons (Fsp3) is 0.0556. The number of carbonyl (C=O) groups excluding carboxylic acids is 2. The summed E-state index contributed by atoms with van der Waals surface area (Å²) in [6.07, 6.45) is 0. The molecule has 4 rings (SSSR count). The molecule has 1 aromatic heterocycles. The van der Waals surface area contributed by atoms with Crippen molar-refractivity contribution in [2.75, 3.05) is 17.4 Å². The highest BCUT2D eigenvalue weighted by molar-refractivity contribution is 7.14. The zero-order chi connectivity index (χ0) is 18.8. The third kappa shape index (κ3) is 3.67. The van der Waals surface area contributed by atoms with E-state index in [4.69, 9.17) is 15.2 Å². The van der Waals surface area contributed by atoms with Gasteiger partial charge in [-0.1, -0.05) is 0 Å². The molecule has 4 N–H and O–H groups in total. The van der Waals surface area contributed by atoms with Crippen molar-refractivity contribution in [3.63, 3.8) is 0 Å². The van der Waals surface area contributed by atoms with Crippen molar-refractivity contribution in [2.24, 2.45) is 5.73 Å². The number of hydrogen-bond donors (Lipinski definition) is 3. The first-order valence-electron chi connectivity index (χ1n) is 7.92. The van der Waals surface area contributed by atoms with Gasteiger partial charge in [0.15, 0.2) is 16.6 Å². The summed E-state index contributed by atoms with van der Waals surface area (Å²) in [5.41, 5.74) is 7.17. The molecule has 0 aliphatic carbocycles. The van der Waals surface area contributed by atoms with Gasteiger partial charge in [-0.3, -0.25) is 9.59 Å². The molecule has 1 aliphatic rings. The van der Waals surface area contributed by atoms with Gasteiger partial charge in [0.25, 0.3) is 5.91 Å². The lowest BCUT2D eigenvalue weighted by Crippen LogP contribution is -2.13. The van der Waals surface area contributed by atoms with Gasteiger partial charge in [0.05, 0.1) is 0 Å². The topological polar surface area (TPSA) is 116 Å². The summed E-state index contributed by atoms with van der Waals surface area (Å²) in [6.45, 7) is 0.209. The lowest BCUT2D eigenvalue weighted by molar-refractivity contribution is 0.0998. The van der Waals surface area contributed by atoms with Crippen LogP contribution in [0.3, 0.4) is 0 Å². The summed E-state index contributed by atoms with van der Waals surface area (Å²) in [4.78, 5) is 27.7. The molecule has 0 saturated carbocycles. The number of primary amides is 1. The number of aromatic nitrogens is 1. The lowest BCUT2D eigenvalue weighted by Gasteiger charge is -2.04. The van der Waals surface area contributed by atoms with Gasteiger partial charge in [0.2, 0.25) is 12.7 Å². The Bertz CT molecular complexity index is 1020. The van der Waals surface area contributed by atoms with Crippen LogP contribution in [0.1, 0.15) is 20.8 Å². The van der Waals surface area contributed by atoms with Gasteiger partial charge in [0, 0.05) is 28.4 Å². The molecule has 0 atom stereocenters. The van der Waals surface area contributed by atoms with Crippen LogP contribution in [0.15, 0.2) is 47.8 Å². The molecule has 2 heterocycles. The average Bonchev–Trinajstić information content (AvgIpc) is 3.31. The van der Waals surface area contributed by atoms with E-state index in [0.717, 1.165) is 5.69 Å². The van der Waals surface area contributed by atoms with Crippen molar-refractivity contribution in [2.45, 2.75) is 0 Å². The number of amides is 2. The van der Waals surface area contributed by atoms with Crippen LogP contribution in [0.25, 0.3) is 0 Å². The molecular weight excluding hydrogens is 368 g/mol. The van der Waals surface area contributed by atoms with Gasteiger partial charge in [-0.25, -0.2) is 4.98 Å². The number of hydrogen-bond acceptors (Lipinski definition) is 7. The third-order valence-electron chi connectivity index (χ3n) is 3.79. The summed E-state index contributed by atoms with van der Waals surface area (Å²) < 4.78 is 10.6. The number of carbonyl (C=O) groups is 2. The number of thiazole rings is 1. The molecule has 0 spiro atoms. The number of benzene rings is 2. The van der Waals surface area contributed by atoms with E-state index >= 15 is 0 Å². The molecule has 1 aliphatic heterocycles. The van der Waals surface area contributed by atoms with E-state index in [9.17, 15) is 9.59 Å². The van der Waals surface area contributed by atoms with Crippen molar-refractivity contribution >= 4 is 39.7 Å². The molecule has 0 saturated heterocycles. The molecular formula is C18H14N4O4S. The van der Waals surface area contributed by atoms with Crippen LogP contribution in [-0.4, -0.2) is 23.6 Å². The molecule has 0 fully saturated rings. The minimum Gasteiger partial charge on any atom is -0.454 e. The smallest absolute Gasteiger partial charge is 0.275 e. The maximum atomic E-state index is 12.3. The standard InChI is InChI=1S/C18H14N4O4S/c19-16(23)10-1-3-11(4-2-10)20-17(24)13-8-27-18(22-13)21-12-5-6-14-15(7-12)26-9-25-14/h1-8H,9H2,(H2,19,23)(H,20,24)(H,21,22). The van der Waals surface area contributed by atoms with Crippen LogP contribution in [-0.2, 0) is 0 Å². The number of nitrogens with two attached hydrogens (primary N) is 1. The fourth-order valence-corrected chi connectivity index (χ4v) is 3.16. The van der Waals surface area contributed by atoms with E-state index in [1.807, 2.05) is 18.2 Å². The second-order valence-corrected chi connectivity index (χ2v) is 6.48. The summed E-state index contributed by atoms with van der Waals surface area (Å²) in [5, 5.41) is 8.08. The predicted molar refractivity (Wildman–Crippen MR) is 101 cm³/mol. The zero-order valence-electron chi connectivity index (χ0n) is 13.9. The van der Waals surface area contributed by atoms with E-state index in [-0.39, 0.29) is 18.4 Å². The van der Waals surface area contributed by atoms with Gasteiger partial charge in [-0.05, 0) is 36.4 Å². The van der Waals surface area contributed by atoms with E-state index in [2.05, 4.69) is 15.6 Å². The van der Waals surface area contributed by atoms with E-state index in [1.54, 1.807) is 29.6 Å². The van der Waals surface area contributed by atoms with Gasteiger partial charge in [-0.15, -0.1) is 11.3 Å². The maximum absolute atomic E-state index is 12.3. The van der Waals surface area contributed by atoms with Crippen molar-refractivity contribution < 1.29 is 19.1 Å². The Morgan fingerprint density at radius 2 is 1.78 bits per heavy atom. The Balaban J connectivity index is 1.42. The summed E-state index contributed by atoms with van der Waals surface area (Å²) >= 11 is 1.31. The molecule has 136 valence electrons. The molecule has 8 nitrogen and oxygen atoms in total. The SMILES string of the molecule is NC(=O)c1ccc(NC(=O)c2csc(Nc3ccc4c(c3)OCO4)n2)cc1. The van der Waals surface area contributed by atoms with Crippen LogP contribution < -0.4 is 25.8 Å². The van der Waals surface area contributed by atoms with E-state index < -0.39 is 5.91 Å². The highest BCUT2D eigenvalue weighted by atomic mass is 32.1. The first-order chi connectivity index (χ1) is 13.1. The van der Waals surface area contributed by atoms with E-state index in [1.165, 1.54) is 11.3 Å². The highest BCUT2D eigenvalue weighted by Crippen LogP contribution is 2.35. The molecule has 27 heavy (non-hydrogen) atoms. The number of nitrogens with zero attached hydrogens (tertiary/aromatic N) is 1. The van der Waals surface area contributed by atoms with Gasteiger partial charge >= 0.3 is 0 Å². The summed E-state index contributed by atoms with van der Waals surface area (Å²) in [7, 11) is 0. The number of ether oxygens (including phenoxy) is 2. The Hall–Kier alpha value is -3.59. The van der Waals surface area contributed by atoms with Gasteiger partial charge in [0.1, 0.15) is 5.69 Å². The Morgan fingerprint density at radius 3 is 2.56 bits per heavy atom. The number of fused-ring (bicyclic) bond motifs is 1. The summed E-state index contributed by atoms with van der Waals surface area (Å²) in [5.74, 6) is 0.486. The Kier molecular flexibility index (Phi) is 4.35. The second-order valence-electron chi connectivity index (χ2n) is 5.63. The van der Waals surface area contributed by atoms with Crippen LogP contribution in [0.2, 0.25) is 0 Å².